The Morgan fingerprint density at radius 3 is 2.94 bits per heavy atom. The normalized spacial score (nSPS) is 15.9. The van der Waals surface area contributed by atoms with Gasteiger partial charge in [0, 0.05) is 5.92 Å². The van der Waals surface area contributed by atoms with Crippen molar-refractivity contribution < 1.29 is 19.2 Å². The average molecular weight is 237 g/mol. The Hall–Kier alpha value is -1.78. The number of carbonyl (C=O) groups excluding carboxylic acids is 1. The van der Waals surface area contributed by atoms with E-state index in [0.717, 1.165) is 18.6 Å². The number of nitrogens with zero attached hydrogens (tertiary/aromatic N) is 1. The van der Waals surface area contributed by atoms with Crippen molar-refractivity contribution in [2.75, 3.05) is 6.61 Å². The zero-order valence-corrected chi connectivity index (χ0v) is 9.68. The Morgan fingerprint density at radius 1 is 1.59 bits per heavy atom. The van der Waals surface area contributed by atoms with Crippen molar-refractivity contribution in [3.8, 4) is 0 Å². The monoisotopic (exact) mass is 237 g/mol. The van der Waals surface area contributed by atoms with Crippen LogP contribution in [0.1, 0.15) is 37.2 Å². The summed E-state index contributed by atoms with van der Waals surface area (Å²) < 4.78 is 10.3. The first-order valence-corrected chi connectivity index (χ1v) is 5.71. The predicted molar refractivity (Wildman–Crippen MR) is 60.2 cm³/mol. The van der Waals surface area contributed by atoms with E-state index in [0.29, 0.717) is 11.7 Å². The number of oxime groups is 1. The summed E-state index contributed by atoms with van der Waals surface area (Å²) in [7, 11) is 0. The molecular weight excluding hydrogens is 222 g/mol. The second kappa shape index (κ2) is 5.03. The molecule has 0 aliphatic heterocycles. The molecule has 0 atom stereocenters. The van der Waals surface area contributed by atoms with Crippen LogP contribution in [-0.2, 0) is 16.0 Å². The molecule has 0 aromatic carbocycles. The van der Waals surface area contributed by atoms with E-state index in [1.54, 1.807) is 13.0 Å². The van der Waals surface area contributed by atoms with Crippen molar-refractivity contribution in [2.24, 2.45) is 5.16 Å². The number of esters is 1. The Labute approximate surface area is 99.1 Å². The quantitative estimate of drug-likeness (QED) is 0.368. The van der Waals surface area contributed by atoms with Crippen molar-refractivity contribution >= 4 is 11.7 Å². The molecule has 5 nitrogen and oxygen atoms in total. The van der Waals surface area contributed by atoms with E-state index in [4.69, 9.17) is 14.4 Å². The van der Waals surface area contributed by atoms with E-state index in [1.165, 1.54) is 0 Å². The summed E-state index contributed by atoms with van der Waals surface area (Å²) in [6, 6.07) is 3.71. The third-order valence-corrected chi connectivity index (χ3v) is 2.64. The zero-order valence-electron chi connectivity index (χ0n) is 9.68. The summed E-state index contributed by atoms with van der Waals surface area (Å²) in [5.41, 5.74) is -0.0384. The zero-order chi connectivity index (χ0) is 12.3. The minimum atomic E-state index is -0.612. The lowest BCUT2D eigenvalue weighted by Crippen LogP contribution is -2.19. The highest BCUT2D eigenvalue weighted by Gasteiger charge is 2.27. The van der Waals surface area contributed by atoms with Crippen LogP contribution in [0.3, 0.4) is 0 Å². The maximum absolute atomic E-state index is 11.4. The van der Waals surface area contributed by atoms with E-state index in [1.807, 2.05) is 6.07 Å². The summed E-state index contributed by atoms with van der Waals surface area (Å²) in [6.07, 6.45) is 2.47. The largest absolute Gasteiger partial charge is 0.465 e. The standard InChI is InChI=1S/C12H15NO4/c1-2-16-12(14)10(13-15)7-9-5-6-11(17-9)8-3-4-8/h5-6,8,15H,2-4,7H2,1H3. The molecule has 1 aromatic heterocycles. The van der Waals surface area contributed by atoms with Gasteiger partial charge in [-0.25, -0.2) is 4.79 Å². The first-order chi connectivity index (χ1) is 8.24. The van der Waals surface area contributed by atoms with Crippen LogP contribution < -0.4 is 0 Å². The van der Waals surface area contributed by atoms with Gasteiger partial charge in [0.1, 0.15) is 11.5 Å². The highest BCUT2D eigenvalue weighted by Crippen LogP contribution is 2.40. The third kappa shape index (κ3) is 2.87. The molecule has 1 saturated carbocycles. The topological polar surface area (TPSA) is 72.0 Å². The van der Waals surface area contributed by atoms with Gasteiger partial charge < -0.3 is 14.4 Å². The number of carbonyl (C=O) groups is 1. The number of ether oxygens (including phenoxy) is 1. The fraction of sp³-hybridized carbons (Fsp3) is 0.500. The lowest BCUT2D eigenvalue weighted by molar-refractivity contribution is -0.135. The van der Waals surface area contributed by atoms with E-state index >= 15 is 0 Å². The first-order valence-electron chi connectivity index (χ1n) is 5.71. The SMILES string of the molecule is CCOC(=O)C(Cc1ccc(C2CC2)o1)=NO. The summed E-state index contributed by atoms with van der Waals surface area (Å²) in [5, 5.41) is 11.7. The lowest BCUT2D eigenvalue weighted by atomic mass is 10.2. The molecule has 1 N–H and O–H groups in total. The highest BCUT2D eigenvalue weighted by molar-refractivity contribution is 6.36. The molecule has 0 amide bonds. The van der Waals surface area contributed by atoms with Crippen LogP contribution in [0.5, 0.6) is 0 Å². The molecule has 1 heterocycles. The molecule has 0 spiro atoms. The Balaban J connectivity index is 1.99. The average Bonchev–Trinajstić information content (AvgIpc) is 3.07. The summed E-state index contributed by atoms with van der Waals surface area (Å²) in [5.74, 6) is 1.48. The van der Waals surface area contributed by atoms with Gasteiger partial charge in [-0.2, -0.15) is 0 Å². The van der Waals surface area contributed by atoms with E-state index in [9.17, 15) is 4.79 Å². The third-order valence-electron chi connectivity index (χ3n) is 2.64. The fourth-order valence-corrected chi connectivity index (χ4v) is 1.60. The van der Waals surface area contributed by atoms with Crippen LogP contribution in [0.25, 0.3) is 0 Å². The lowest BCUT2D eigenvalue weighted by Gasteiger charge is -2.02. The van der Waals surface area contributed by atoms with E-state index < -0.39 is 5.97 Å². The Kier molecular flexibility index (Phi) is 3.46. The molecule has 0 saturated heterocycles. The van der Waals surface area contributed by atoms with Gasteiger partial charge in [0.2, 0.25) is 0 Å². The van der Waals surface area contributed by atoms with Gasteiger partial charge in [0.05, 0.1) is 13.0 Å². The van der Waals surface area contributed by atoms with E-state index in [-0.39, 0.29) is 18.7 Å². The Morgan fingerprint density at radius 2 is 2.35 bits per heavy atom. The first kappa shape index (κ1) is 11.7. The van der Waals surface area contributed by atoms with Gasteiger partial charge >= 0.3 is 5.97 Å². The van der Waals surface area contributed by atoms with Crippen molar-refractivity contribution in [3.63, 3.8) is 0 Å². The smallest absolute Gasteiger partial charge is 0.356 e. The van der Waals surface area contributed by atoms with Crippen LogP contribution in [0.4, 0.5) is 0 Å². The molecule has 1 fully saturated rings. The van der Waals surface area contributed by atoms with Crippen LogP contribution in [0, 0.1) is 0 Å². The van der Waals surface area contributed by atoms with Crippen molar-refractivity contribution in [1.82, 2.24) is 0 Å². The van der Waals surface area contributed by atoms with Gasteiger partial charge in [-0.05, 0) is 31.9 Å². The summed E-state index contributed by atoms with van der Waals surface area (Å²) in [4.78, 5) is 11.4. The Bertz CT molecular complexity index is 431. The van der Waals surface area contributed by atoms with Gasteiger partial charge in [-0.15, -0.1) is 0 Å². The summed E-state index contributed by atoms with van der Waals surface area (Å²) in [6.45, 7) is 1.95. The predicted octanol–water partition coefficient (Wildman–Crippen LogP) is 2.09. The number of hydrogen-bond acceptors (Lipinski definition) is 5. The van der Waals surface area contributed by atoms with Crippen LogP contribution in [0.15, 0.2) is 21.7 Å². The number of rotatable bonds is 5. The van der Waals surface area contributed by atoms with Crippen LogP contribution in [-0.4, -0.2) is 23.5 Å². The van der Waals surface area contributed by atoms with Gasteiger partial charge in [-0.1, -0.05) is 5.16 Å². The maximum Gasteiger partial charge on any atom is 0.356 e. The van der Waals surface area contributed by atoms with Crippen LogP contribution >= 0.6 is 0 Å². The molecule has 0 unspecified atom stereocenters. The summed E-state index contributed by atoms with van der Waals surface area (Å²) >= 11 is 0. The van der Waals surface area contributed by atoms with Crippen molar-refractivity contribution in [1.29, 1.82) is 0 Å². The number of hydrogen-bond donors (Lipinski definition) is 1. The molecule has 17 heavy (non-hydrogen) atoms. The van der Waals surface area contributed by atoms with Gasteiger partial charge in [0.25, 0.3) is 0 Å². The van der Waals surface area contributed by atoms with E-state index in [2.05, 4.69) is 5.16 Å². The van der Waals surface area contributed by atoms with Crippen LogP contribution in [0.2, 0.25) is 0 Å². The minimum Gasteiger partial charge on any atom is -0.465 e. The molecule has 0 bridgehead atoms. The van der Waals surface area contributed by atoms with Gasteiger partial charge in [-0.3, -0.25) is 0 Å². The fourth-order valence-electron chi connectivity index (χ4n) is 1.60. The molecule has 1 aliphatic carbocycles. The molecule has 1 aliphatic rings. The van der Waals surface area contributed by atoms with Crippen molar-refractivity contribution in [3.05, 3.63) is 23.7 Å². The highest BCUT2D eigenvalue weighted by atomic mass is 16.5. The second-order valence-electron chi connectivity index (χ2n) is 4.02. The second-order valence-corrected chi connectivity index (χ2v) is 4.02. The van der Waals surface area contributed by atoms with Crippen molar-refractivity contribution in [2.45, 2.75) is 32.1 Å². The molecule has 5 heteroatoms. The minimum absolute atomic E-state index is 0.0384. The molecule has 0 radical (unpaired) electrons. The van der Waals surface area contributed by atoms with Gasteiger partial charge in [0.15, 0.2) is 5.71 Å². The molecule has 92 valence electrons. The molecule has 1 aromatic rings. The number of furan rings is 1. The molecule has 2 rings (SSSR count). The molecular formula is C12H15NO4. The maximum atomic E-state index is 11.4.